The van der Waals surface area contributed by atoms with Gasteiger partial charge < -0.3 is 19.3 Å². The lowest BCUT2D eigenvalue weighted by molar-refractivity contribution is -0.133. The summed E-state index contributed by atoms with van der Waals surface area (Å²) in [4.78, 5) is 18.4. The third-order valence-corrected chi connectivity index (χ3v) is 7.74. The van der Waals surface area contributed by atoms with Crippen LogP contribution in [-0.2, 0) is 4.79 Å². The van der Waals surface area contributed by atoms with Crippen molar-refractivity contribution >= 4 is 17.4 Å². The van der Waals surface area contributed by atoms with Crippen molar-refractivity contribution < 1.29 is 14.3 Å². The Morgan fingerprint density at radius 2 is 1.70 bits per heavy atom. The molecule has 0 spiro atoms. The van der Waals surface area contributed by atoms with Crippen LogP contribution in [0.1, 0.15) is 45.1 Å². The van der Waals surface area contributed by atoms with Crippen LogP contribution in [0.25, 0.3) is 5.65 Å². The van der Waals surface area contributed by atoms with Crippen molar-refractivity contribution in [1.82, 2.24) is 29.6 Å². The second-order valence-electron chi connectivity index (χ2n) is 10.2. The number of hydrogen-bond donors (Lipinski definition) is 0. The van der Waals surface area contributed by atoms with Gasteiger partial charge in [0.1, 0.15) is 18.2 Å². The molecule has 0 saturated carbocycles. The third-order valence-electron chi connectivity index (χ3n) is 7.74. The van der Waals surface area contributed by atoms with Crippen molar-refractivity contribution in [2.75, 3.05) is 51.3 Å². The van der Waals surface area contributed by atoms with E-state index in [0.717, 1.165) is 57.1 Å². The van der Waals surface area contributed by atoms with Gasteiger partial charge in [-0.3, -0.25) is 9.69 Å². The molecule has 1 aromatic carbocycles. The Hall–Kier alpha value is -3.40. The average Bonchev–Trinajstić information content (AvgIpc) is 3.33. The summed E-state index contributed by atoms with van der Waals surface area (Å²) in [5.74, 6) is 2.51. The minimum absolute atomic E-state index is 0.159. The van der Waals surface area contributed by atoms with Crippen LogP contribution in [0.3, 0.4) is 0 Å². The van der Waals surface area contributed by atoms with Crippen LogP contribution < -0.4 is 14.4 Å². The molecular formula is C27H37N7O3. The maximum Gasteiger partial charge on any atom is 0.338 e. The molecule has 2 saturated heterocycles. The Balaban J connectivity index is 1.10. The van der Waals surface area contributed by atoms with Gasteiger partial charge in [0.15, 0.2) is 5.65 Å². The first-order chi connectivity index (χ1) is 17.9. The number of amides is 1. The molecule has 2 fully saturated rings. The minimum Gasteiger partial charge on any atom is -0.492 e. The molecule has 2 aliphatic heterocycles. The van der Waals surface area contributed by atoms with Crippen molar-refractivity contribution in [2.45, 2.75) is 51.6 Å². The molecule has 0 bridgehead atoms. The number of hydrogen-bond acceptors (Lipinski definition) is 8. The lowest BCUT2D eigenvalue weighted by Crippen LogP contribution is -2.58. The number of nitrogens with zero attached hydrogens (tertiary/aromatic N) is 7. The second-order valence-corrected chi connectivity index (χ2v) is 10.2. The van der Waals surface area contributed by atoms with E-state index in [1.807, 2.05) is 17.0 Å². The largest absolute Gasteiger partial charge is 0.492 e. The second kappa shape index (κ2) is 10.9. The first-order valence-corrected chi connectivity index (χ1v) is 13.2. The Morgan fingerprint density at radius 1 is 1.00 bits per heavy atom. The number of methoxy groups -OCH3 is 1. The highest BCUT2D eigenvalue weighted by atomic mass is 16.5. The Morgan fingerprint density at radius 3 is 2.35 bits per heavy atom. The number of rotatable bonds is 7. The number of fused-ring (bicyclic) bond motifs is 1. The molecule has 1 unspecified atom stereocenters. The molecule has 37 heavy (non-hydrogen) atoms. The fraction of sp³-hybridized carbons (Fsp3) is 0.556. The lowest BCUT2D eigenvalue weighted by Gasteiger charge is -2.44. The van der Waals surface area contributed by atoms with Crippen LogP contribution in [0, 0.1) is 0 Å². The van der Waals surface area contributed by atoms with Gasteiger partial charge in [0.2, 0.25) is 5.91 Å². The first-order valence-electron chi connectivity index (χ1n) is 13.2. The van der Waals surface area contributed by atoms with E-state index in [1.165, 1.54) is 5.56 Å². The summed E-state index contributed by atoms with van der Waals surface area (Å²) < 4.78 is 13.0. The molecule has 1 amide bonds. The molecule has 2 atom stereocenters. The smallest absolute Gasteiger partial charge is 0.338 e. The zero-order valence-corrected chi connectivity index (χ0v) is 22.2. The quantitative estimate of drug-likeness (QED) is 0.483. The lowest BCUT2D eigenvalue weighted by atomic mass is 9.89. The zero-order valence-electron chi connectivity index (χ0n) is 22.2. The van der Waals surface area contributed by atoms with E-state index in [4.69, 9.17) is 9.47 Å². The third kappa shape index (κ3) is 5.49. The Kier molecular flexibility index (Phi) is 7.45. The van der Waals surface area contributed by atoms with E-state index in [1.54, 1.807) is 18.5 Å². The number of anilines is 1. The molecular weight excluding hydrogens is 470 g/mol. The maximum absolute atomic E-state index is 11.7. The monoisotopic (exact) mass is 507 g/mol. The van der Waals surface area contributed by atoms with Crippen molar-refractivity contribution in [3.63, 3.8) is 0 Å². The normalized spacial score (nSPS) is 21.4. The van der Waals surface area contributed by atoms with Gasteiger partial charge >= 0.3 is 6.01 Å². The number of carbonyl (C=O) groups excluding carboxylic acids is 1. The van der Waals surface area contributed by atoms with Crippen molar-refractivity contribution in [1.29, 1.82) is 0 Å². The van der Waals surface area contributed by atoms with Crippen LogP contribution >= 0.6 is 0 Å². The number of ether oxygens (including phenoxy) is 2. The van der Waals surface area contributed by atoms with E-state index >= 15 is 0 Å². The highest BCUT2D eigenvalue weighted by molar-refractivity contribution is 5.73. The summed E-state index contributed by atoms with van der Waals surface area (Å²) in [6.45, 7) is 11.0. The van der Waals surface area contributed by atoms with Crippen LogP contribution in [0.4, 0.5) is 5.82 Å². The molecule has 0 radical (unpaired) electrons. The summed E-state index contributed by atoms with van der Waals surface area (Å²) in [6, 6.07) is 13.6. The van der Waals surface area contributed by atoms with Gasteiger partial charge in [0.05, 0.1) is 7.11 Å². The first kappa shape index (κ1) is 25.3. The fourth-order valence-electron chi connectivity index (χ4n) is 5.66. The van der Waals surface area contributed by atoms with E-state index < -0.39 is 0 Å². The molecule has 10 heteroatoms. The van der Waals surface area contributed by atoms with Gasteiger partial charge in [-0.1, -0.05) is 17.2 Å². The van der Waals surface area contributed by atoms with Gasteiger partial charge in [-0.25, -0.2) is 0 Å². The molecule has 4 heterocycles. The van der Waals surface area contributed by atoms with E-state index in [2.05, 4.69) is 63.2 Å². The highest BCUT2D eigenvalue weighted by Gasteiger charge is 2.30. The molecule has 2 aromatic heterocycles. The van der Waals surface area contributed by atoms with Crippen molar-refractivity contribution in [2.24, 2.45) is 0 Å². The molecule has 10 nitrogen and oxygen atoms in total. The van der Waals surface area contributed by atoms with Crippen LogP contribution in [0.2, 0.25) is 0 Å². The number of piperazine rings is 1. The summed E-state index contributed by atoms with van der Waals surface area (Å²) in [7, 11) is 1.58. The summed E-state index contributed by atoms with van der Waals surface area (Å²) in [5, 5.41) is 12.8. The molecule has 5 rings (SSSR count). The summed E-state index contributed by atoms with van der Waals surface area (Å²) >= 11 is 0. The van der Waals surface area contributed by atoms with Gasteiger partial charge in [-0.05, 0) is 62.4 Å². The SMILES string of the molecule is COc1nnc2ccc(N3CCC(c4ccc(OCCN5C(C)CN(C(C)=O)C[C@@H]5C)cc4)CC3)nn12. The number of piperidine rings is 1. The van der Waals surface area contributed by atoms with E-state index in [0.29, 0.717) is 36.3 Å². The highest BCUT2D eigenvalue weighted by Crippen LogP contribution is 2.31. The Bertz CT molecular complexity index is 1190. The van der Waals surface area contributed by atoms with E-state index in [-0.39, 0.29) is 5.91 Å². The summed E-state index contributed by atoms with van der Waals surface area (Å²) in [6.07, 6.45) is 2.14. The van der Waals surface area contributed by atoms with Gasteiger partial charge in [0, 0.05) is 51.7 Å². The van der Waals surface area contributed by atoms with Gasteiger partial charge in [0.25, 0.3) is 0 Å². The predicted molar refractivity (Wildman–Crippen MR) is 141 cm³/mol. The van der Waals surface area contributed by atoms with Gasteiger partial charge in [-0.2, -0.15) is 4.52 Å². The average molecular weight is 508 g/mol. The van der Waals surface area contributed by atoms with E-state index in [9.17, 15) is 4.79 Å². The topological polar surface area (TPSA) is 88.3 Å². The zero-order chi connectivity index (χ0) is 25.9. The molecule has 2 aliphatic rings. The van der Waals surface area contributed by atoms with Crippen molar-refractivity contribution in [3.8, 4) is 11.8 Å². The molecule has 0 aliphatic carbocycles. The number of carbonyl (C=O) groups is 1. The summed E-state index contributed by atoms with van der Waals surface area (Å²) in [5.41, 5.74) is 2.04. The minimum atomic E-state index is 0.159. The van der Waals surface area contributed by atoms with Gasteiger partial charge in [-0.15, -0.1) is 10.2 Å². The predicted octanol–water partition coefficient (Wildman–Crippen LogP) is 2.84. The number of benzene rings is 1. The Labute approximate surface area is 218 Å². The molecule has 3 aromatic rings. The number of aromatic nitrogens is 4. The maximum atomic E-state index is 11.7. The molecule has 198 valence electrons. The van der Waals surface area contributed by atoms with Crippen LogP contribution in [0.5, 0.6) is 11.8 Å². The van der Waals surface area contributed by atoms with Crippen LogP contribution in [0.15, 0.2) is 36.4 Å². The molecule has 0 N–H and O–H groups in total. The fourth-order valence-corrected chi connectivity index (χ4v) is 5.66. The van der Waals surface area contributed by atoms with Crippen LogP contribution in [-0.4, -0.2) is 94.0 Å². The standard InChI is InChI=1S/C27H37N7O3/c1-19-17-32(21(3)35)18-20(2)33(19)15-16-37-24-7-5-22(6-8-24)23-11-13-31(14-12-23)26-10-9-25-28-29-27(36-4)34(25)30-26/h5-10,19-20,23H,11-18H2,1-4H3/t19-,20?/m0/s1. The van der Waals surface area contributed by atoms with Crippen molar-refractivity contribution in [3.05, 3.63) is 42.0 Å².